The number of benzene rings is 1. The normalized spacial score (nSPS) is 10.0. The molecule has 0 aromatic heterocycles. The van der Waals surface area contributed by atoms with Crippen LogP contribution in [-0.2, 0) is 6.42 Å². The first-order chi connectivity index (χ1) is 6.36. The van der Waals surface area contributed by atoms with Gasteiger partial charge in [-0.05, 0) is 37.5 Å². The van der Waals surface area contributed by atoms with E-state index in [0.717, 1.165) is 25.2 Å². The highest BCUT2D eigenvalue weighted by atomic mass is 16.5. The number of rotatable bonds is 5. The van der Waals surface area contributed by atoms with E-state index in [1.165, 1.54) is 5.56 Å². The molecule has 0 unspecified atom stereocenters. The molecule has 1 aromatic rings. The molecule has 0 heterocycles. The Bertz CT molecular complexity index is 225. The average molecular weight is 177 g/mol. The van der Waals surface area contributed by atoms with Crippen LogP contribution in [0, 0.1) is 6.42 Å². The van der Waals surface area contributed by atoms with Crippen molar-refractivity contribution in [2.24, 2.45) is 0 Å². The van der Waals surface area contributed by atoms with Gasteiger partial charge in [0.05, 0.1) is 6.61 Å². The Morgan fingerprint density at radius 3 is 2.38 bits per heavy atom. The van der Waals surface area contributed by atoms with Crippen LogP contribution in [0.1, 0.15) is 25.8 Å². The third kappa shape index (κ3) is 3.49. The molecule has 0 spiro atoms. The fourth-order valence-electron chi connectivity index (χ4n) is 1.20. The van der Waals surface area contributed by atoms with Gasteiger partial charge in [0.2, 0.25) is 0 Å². The van der Waals surface area contributed by atoms with Gasteiger partial charge in [-0.2, -0.15) is 0 Å². The van der Waals surface area contributed by atoms with Gasteiger partial charge in [0.15, 0.2) is 0 Å². The van der Waals surface area contributed by atoms with Gasteiger partial charge in [0, 0.05) is 0 Å². The van der Waals surface area contributed by atoms with Gasteiger partial charge in [0.25, 0.3) is 0 Å². The Kier molecular flexibility index (Phi) is 4.37. The summed E-state index contributed by atoms with van der Waals surface area (Å²) in [6.45, 7) is 4.90. The lowest BCUT2D eigenvalue weighted by Gasteiger charge is -2.03. The van der Waals surface area contributed by atoms with E-state index < -0.39 is 0 Å². The zero-order valence-electron chi connectivity index (χ0n) is 8.42. The second-order valence-corrected chi connectivity index (χ2v) is 2.98. The Morgan fingerprint density at radius 2 is 1.85 bits per heavy atom. The molecule has 0 aliphatic rings. The van der Waals surface area contributed by atoms with Crippen LogP contribution in [-0.4, -0.2) is 6.61 Å². The molecule has 1 nitrogen and oxygen atoms in total. The minimum absolute atomic E-state index is 0.737. The van der Waals surface area contributed by atoms with Crippen molar-refractivity contribution in [2.75, 3.05) is 6.61 Å². The maximum Gasteiger partial charge on any atom is 0.119 e. The second-order valence-electron chi connectivity index (χ2n) is 2.98. The summed E-state index contributed by atoms with van der Waals surface area (Å²) in [6, 6.07) is 8.30. The van der Waals surface area contributed by atoms with Crippen molar-refractivity contribution < 1.29 is 4.74 Å². The smallest absolute Gasteiger partial charge is 0.119 e. The quantitative estimate of drug-likeness (QED) is 0.671. The van der Waals surface area contributed by atoms with Gasteiger partial charge in [-0.25, -0.2) is 0 Å². The number of hydrogen-bond donors (Lipinski definition) is 0. The summed E-state index contributed by atoms with van der Waals surface area (Å²) in [5.41, 5.74) is 1.35. The van der Waals surface area contributed by atoms with E-state index in [-0.39, 0.29) is 0 Å². The molecule has 1 rings (SSSR count). The zero-order chi connectivity index (χ0) is 9.52. The van der Waals surface area contributed by atoms with Gasteiger partial charge in [-0.15, -0.1) is 0 Å². The summed E-state index contributed by atoms with van der Waals surface area (Å²) in [4.78, 5) is 0. The predicted molar refractivity (Wildman–Crippen MR) is 55.9 cm³/mol. The maximum atomic E-state index is 5.36. The third-order valence-corrected chi connectivity index (χ3v) is 1.90. The molecule has 0 amide bonds. The van der Waals surface area contributed by atoms with Gasteiger partial charge >= 0.3 is 0 Å². The van der Waals surface area contributed by atoms with Crippen molar-refractivity contribution in [2.45, 2.75) is 26.7 Å². The Morgan fingerprint density at radius 1 is 1.15 bits per heavy atom. The molecule has 0 bridgehead atoms. The van der Waals surface area contributed by atoms with Crippen LogP contribution in [0.25, 0.3) is 0 Å². The van der Waals surface area contributed by atoms with E-state index in [4.69, 9.17) is 4.74 Å². The third-order valence-electron chi connectivity index (χ3n) is 1.90. The molecule has 0 aliphatic carbocycles. The Balaban J connectivity index is 2.48. The van der Waals surface area contributed by atoms with E-state index in [2.05, 4.69) is 25.5 Å². The Hall–Kier alpha value is -0.980. The molecule has 0 fully saturated rings. The van der Waals surface area contributed by atoms with Gasteiger partial charge < -0.3 is 4.74 Å². The van der Waals surface area contributed by atoms with Crippen LogP contribution in [0.3, 0.4) is 0 Å². The lowest BCUT2D eigenvalue weighted by Crippen LogP contribution is -1.91. The monoisotopic (exact) mass is 177 g/mol. The summed E-state index contributed by atoms with van der Waals surface area (Å²) < 4.78 is 5.36. The standard InChI is InChI=1S/C12H17O/c1-3-5-6-11-7-9-12(10-8-11)13-4-2/h5,7-10H,3-4,6H2,1-2H3. The second kappa shape index (κ2) is 5.63. The molecule has 1 radical (unpaired) electrons. The molecule has 13 heavy (non-hydrogen) atoms. The minimum Gasteiger partial charge on any atom is -0.494 e. The van der Waals surface area contributed by atoms with Gasteiger partial charge in [0.1, 0.15) is 5.75 Å². The predicted octanol–water partition coefficient (Wildman–Crippen LogP) is 3.24. The molecule has 1 heteroatoms. The van der Waals surface area contributed by atoms with Crippen molar-refractivity contribution in [3.63, 3.8) is 0 Å². The highest BCUT2D eigenvalue weighted by Crippen LogP contribution is 2.13. The van der Waals surface area contributed by atoms with Crippen LogP contribution in [0.15, 0.2) is 24.3 Å². The highest BCUT2D eigenvalue weighted by molar-refractivity contribution is 5.27. The summed E-state index contributed by atoms with van der Waals surface area (Å²) in [6.07, 6.45) is 4.46. The van der Waals surface area contributed by atoms with Crippen molar-refractivity contribution in [3.05, 3.63) is 36.2 Å². The largest absolute Gasteiger partial charge is 0.494 e. The lowest BCUT2D eigenvalue weighted by atomic mass is 10.1. The number of hydrogen-bond acceptors (Lipinski definition) is 1. The number of ether oxygens (including phenoxy) is 1. The van der Waals surface area contributed by atoms with Gasteiger partial charge in [-0.1, -0.05) is 25.5 Å². The molecular weight excluding hydrogens is 160 g/mol. The van der Waals surface area contributed by atoms with Crippen molar-refractivity contribution in [1.82, 2.24) is 0 Å². The first kappa shape index (κ1) is 10.1. The fraction of sp³-hybridized carbons (Fsp3) is 0.417. The van der Waals surface area contributed by atoms with Crippen LogP contribution in [0.5, 0.6) is 5.75 Å². The molecular formula is C12H17O. The molecule has 0 aliphatic heterocycles. The molecule has 0 N–H and O–H groups in total. The molecule has 0 saturated carbocycles. The van der Waals surface area contributed by atoms with Crippen molar-refractivity contribution in [1.29, 1.82) is 0 Å². The van der Waals surface area contributed by atoms with Crippen LogP contribution >= 0.6 is 0 Å². The van der Waals surface area contributed by atoms with E-state index in [1.54, 1.807) is 0 Å². The van der Waals surface area contributed by atoms with Crippen molar-refractivity contribution in [3.8, 4) is 5.75 Å². The van der Waals surface area contributed by atoms with E-state index in [9.17, 15) is 0 Å². The SMILES string of the molecule is CC[CH]Cc1ccc(OCC)cc1. The molecule has 1 aromatic carbocycles. The van der Waals surface area contributed by atoms with Crippen molar-refractivity contribution >= 4 is 0 Å². The first-order valence-electron chi connectivity index (χ1n) is 4.90. The summed E-state index contributed by atoms with van der Waals surface area (Å²) >= 11 is 0. The fourth-order valence-corrected chi connectivity index (χ4v) is 1.20. The topological polar surface area (TPSA) is 9.23 Å². The van der Waals surface area contributed by atoms with E-state index in [0.29, 0.717) is 0 Å². The van der Waals surface area contributed by atoms with E-state index >= 15 is 0 Å². The number of unbranched alkanes of at least 4 members (excludes halogenated alkanes) is 1. The molecule has 0 atom stereocenters. The van der Waals surface area contributed by atoms with Crippen LogP contribution in [0.4, 0.5) is 0 Å². The summed E-state index contributed by atoms with van der Waals surface area (Å²) in [5, 5.41) is 0. The van der Waals surface area contributed by atoms with Crippen LogP contribution < -0.4 is 4.74 Å². The zero-order valence-corrected chi connectivity index (χ0v) is 8.42. The van der Waals surface area contributed by atoms with Crippen LogP contribution in [0.2, 0.25) is 0 Å². The van der Waals surface area contributed by atoms with E-state index in [1.807, 2.05) is 19.1 Å². The van der Waals surface area contributed by atoms with Gasteiger partial charge in [-0.3, -0.25) is 0 Å². The summed E-state index contributed by atoms with van der Waals surface area (Å²) in [5.74, 6) is 0.961. The first-order valence-corrected chi connectivity index (χ1v) is 4.90. The average Bonchev–Trinajstić information content (AvgIpc) is 2.17. The molecule has 0 saturated heterocycles. The minimum atomic E-state index is 0.737. The maximum absolute atomic E-state index is 5.36. The summed E-state index contributed by atoms with van der Waals surface area (Å²) in [7, 11) is 0. The highest BCUT2D eigenvalue weighted by Gasteiger charge is 1.93. The lowest BCUT2D eigenvalue weighted by molar-refractivity contribution is 0.340. The Labute approximate surface area is 80.7 Å². The molecule has 71 valence electrons.